The highest BCUT2D eigenvalue weighted by molar-refractivity contribution is 5.63. The molecule has 0 amide bonds. The van der Waals surface area contributed by atoms with Gasteiger partial charge in [-0.3, -0.25) is 0 Å². The number of nitrogens with one attached hydrogen (secondary N) is 1. The third kappa shape index (κ3) is 2.21. The minimum atomic E-state index is 0.575. The van der Waals surface area contributed by atoms with E-state index >= 15 is 0 Å². The molecule has 3 rings (SSSR count). The van der Waals surface area contributed by atoms with Gasteiger partial charge in [0.15, 0.2) is 0 Å². The Morgan fingerprint density at radius 3 is 2.41 bits per heavy atom. The van der Waals surface area contributed by atoms with Gasteiger partial charge in [0.25, 0.3) is 0 Å². The van der Waals surface area contributed by atoms with E-state index < -0.39 is 0 Å². The van der Waals surface area contributed by atoms with Crippen LogP contribution in [0.25, 0.3) is 0 Å². The maximum Gasteiger partial charge on any atom is 0.101 e. The summed E-state index contributed by atoms with van der Waals surface area (Å²) in [6, 6.07) is 8.34. The lowest BCUT2D eigenvalue weighted by atomic mass is 10.1. The molecule has 0 radical (unpaired) electrons. The first kappa shape index (κ1) is 10.5. The normalized spacial score (nSPS) is 19.1. The van der Waals surface area contributed by atoms with E-state index in [2.05, 4.69) is 11.4 Å². The van der Waals surface area contributed by atoms with Crippen molar-refractivity contribution in [2.45, 2.75) is 31.7 Å². The molecular formula is C14H17N3. The fourth-order valence-electron chi connectivity index (χ4n) is 2.49. The van der Waals surface area contributed by atoms with Crippen LogP contribution in [0.1, 0.15) is 31.2 Å². The van der Waals surface area contributed by atoms with Gasteiger partial charge in [-0.15, -0.1) is 0 Å². The van der Waals surface area contributed by atoms with Crippen molar-refractivity contribution in [1.82, 2.24) is 0 Å². The molecule has 0 aliphatic heterocycles. The van der Waals surface area contributed by atoms with Crippen LogP contribution >= 0.6 is 0 Å². The zero-order valence-electron chi connectivity index (χ0n) is 9.82. The van der Waals surface area contributed by atoms with Gasteiger partial charge in [0.05, 0.1) is 11.3 Å². The molecule has 0 bridgehead atoms. The van der Waals surface area contributed by atoms with Crippen molar-refractivity contribution in [2.24, 2.45) is 11.8 Å². The molecule has 17 heavy (non-hydrogen) atoms. The number of rotatable bonds is 4. The van der Waals surface area contributed by atoms with E-state index in [1.807, 2.05) is 12.1 Å². The third-order valence-corrected chi connectivity index (χ3v) is 3.75. The quantitative estimate of drug-likeness (QED) is 0.777. The Hall–Kier alpha value is -1.69. The molecule has 2 fully saturated rings. The zero-order valence-corrected chi connectivity index (χ0v) is 9.82. The van der Waals surface area contributed by atoms with E-state index in [4.69, 9.17) is 11.0 Å². The topological polar surface area (TPSA) is 61.8 Å². The summed E-state index contributed by atoms with van der Waals surface area (Å²) >= 11 is 0. The van der Waals surface area contributed by atoms with Crippen LogP contribution < -0.4 is 11.1 Å². The minimum absolute atomic E-state index is 0.575. The highest BCUT2D eigenvalue weighted by Gasteiger charge is 2.41. The van der Waals surface area contributed by atoms with Gasteiger partial charge in [-0.25, -0.2) is 0 Å². The van der Waals surface area contributed by atoms with Crippen molar-refractivity contribution >= 4 is 11.4 Å². The maximum atomic E-state index is 9.12. The van der Waals surface area contributed by atoms with Gasteiger partial charge >= 0.3 is 0 Å². The van der Waals surface area contributed by atoms with Crippen LogP contribution in [0, 0.1) is 23.2 Å². The highest BCUT2D eigenvalue weighted by Crippen LogP contribution is 2.46. The van der Waals surface area contributed by atoms with Crippen molar-refractivity contribution in [2.75, 3.05) is 11.1 Å². The average molecular weight is 227 g/mol. The SMILES string of the molecule is N#Cc1cc(N)ccc1NC(C1CC1)C1CC1. The largest absolute Gasteiger partial charge is 0.399 e. The summed E-state index contributed by atoms with van der Waals surface area (Å²) in [7, 11) is 0. The van der Waals surface area contributed by atoms with Crippen LogP contribution in [0.15, 0.2) is 18.2 Å². The van der Waals surface area contributed by atoms with Gasteiger partial charge in [-0.05, 0) is 55.7 Å². The van der Waals surface area contributed by atoms with Crippen molar-refractivity contribution in [3.63, 3.8) is 0 Å². The third-order valence-electron chi connectivity index (χ3n) is 3.75. The van der Waals surface area contributed by atoms with Crippen LogP contribution in [0.3, 0.4) is 0 Å². The summed E-state index contributed by atoms with van der Waals surface area (Å²) in [5.74, 6) is 1.65. The van der Waals surface area contributed by atoms with E-state index in [-0.39, 0.29) is 0 Å². The van der Waals surface area contributed by atoms with E-state index in [0.29, 0.717) is 17.3 Å². The number of benzene rings is 1. The summed E-state index contributed by atoms with van der Waals surface area (Å²) in [5, 5.41) is 12.7. The molecule has 3 N–H and O–H groups in total. The van der Waals surface area contributed by atoms with E-state index in [0.717, 1.165) is 17.5 Å². The van der Waals surface area contributed by atoms with Crippen LogP contribution in [0.4, 0.5) is 11.4 Å². The second kappa shape index (κ2) is 3.96. The Bertz CT molecular complexity index is 455. The molecule has 0 spiro atoms. The van der Waals surface area contributed by atoms with E-state index in [9.17, 15) is 0 Å². The second-order valence-electron chi connectivity index (χ2n) is 5.26. The Balaban J connectivity index is 1.81. The summed E-state index contributed by atoms with van der Waals surface area (Å²) in [5.41, 5.74) is 7.97. The zero-order chi connectivity index (χ0) is 11.8. The molecule has 0 aromatic heterocycles. The summed E-state index contributed by atoms with van der Waals surface area (Å²) in [4.78, 5) is 0. The molecule has 3 heteroatoms. The number of hydrogen-bond acceptors (Lipinski definition) is 3. The maximum absolute atomic E-state index is 9.12. The molecule has 88 valence electrons. The second-order valence-corrected chi connectivity index (χ2v) is 5.26. The lowest BCUT2D eigenvalue weighted by Gasteiger charge is -2.20. The molecule has 0 saturated heterocycles. The van der Waals surface area contributed by atoms with Crippen LogP contribution in [-0.4, -0.2) is 6.04 Å². The first-order valence-corrected chi connectivity index (χ1v) is 6.34. The number of nitrogens with two attached hydrogens (primary N) is 1. The summed E-state index contributed by atoms with van der Waals surface area (Å²) in [6.45, 7) is 0. The average Bonchev–Trinajstić information content (AvgIpc) is 3.17. The van der Waals surface area contributed by atoms with Gasteiger partial charge in [-0.1, -0.05) is 0 Å². The summed E-state index contributed by atoms with van der Waals surface area (Å²) < 4.78 is 0. The Morgan fingerprint density at radius 2 is 1.88 bits per heavy atom. The fourth-order valence-corrected chi connectivity index (χ4v) is 2.49. The van der Waals surface area contributed by atoms with Crippen molar-refractivity contribution in [3.8, 4) is 6.07 Å². The predicted octanol–water partition coefficient (Wildman–Crippen LogP) is 2.74. The Kier molecular flexibility index (Phi) is 2.44. The number of hydrogen-bond donors (Lipinski definition) is 2. The standard InChI is InChI=1S/C14H17N3/c15-8-11-7-12(16)5-6-13(11)17-14(9-1-2-9)10-3-4-10/h5-7,9-10,14,17H,1-4,16H2. The molecule has 1 aromatic carbocycles. The van der Waals surface area contributed by atoms with Crippen LogP contribution in [0.2, 0.25) is 0 Å². The lowest BCUT2D eigenvalue weighted by Crippen LogP contribution is -2.24. The Labute approximate surface area is 102 Å². The molecule has 2 saturated carbocycles. The van der Waals surface area contributed by atoms with Crippen LogP contribution in [-0.2, 0) is 0 Å². The molecule has 3 nitrogen and oxygen atoms in total. The van der Waals surface area contributed by atoms with Gasteiger partial charge in [0, 0.05) is 11.7 Å². The van der Waals surface area contributed by atoms with Gasteiger partial charge in [0.2, 0.25) is 0 Å². The van der Waals surface area contributed by atoms with E-state index in [1.54, 1.807) is 6.07 Å². The number of nitriles is 1. The molecule has 2 aliphatic carbocycles. The highest BCUT2D eigenvalue weighted by atomic mass is 15.0. The first-order chi connectivity index (χ1) is 8.28. The predicted molar refractivity (Wildman–Crippen MR) is 68.4 cm³/mol. The van der Waals surface area contributed by atoms with Crippen LogP contribution in [0.5, 0.6) is 0 Å². The molecule has 0 heterocycles. The lowest BCUT2D eigenvalue weighted by molar-refractivity contribution is 0.567. The van der Waals surface area contributed by atoms with Gasteiger partial charge < -0.3 is 11.1 Å². The number of anilines is 2. The van der Waals surface area contributed by atoms with Crippen molar-refractivity contribution < 1.29 is 0 Å². The first-order valence-electron chi connectivity index (χ1n) is 6.34. The fraction of sp³-hybridized carbons (Fsp3) is 0.500. The molecular weight excluding hydrogens is 210 g/mol. The molecule has 0 atom stereocenters. The molecule has 1 aromatic rings. The van der Waals surface area contributed by atoms with Gasteiger partial charge in [0.1, 0.15) is 6.07 Å². The molecule has 0 unspecified atom stereocenters. The summed E-state index contributed by atoms with van der Waals surface area (Å²) in [6.07, 6.45) is 5.35. The smallest absolute Gasteiger partial charge is 0.101 e. The Morgan fingerprint density at radius 1 is 1.24 bits per heavy atom. The number of nitrogen functional groups attached to an aromatic ring is 1. The van der Waals surface area contributed by atoms with Crippen molar-refractivity contribution in [1.29, 1.82) is 5.26 Å². The van der Waals surface area contributed by atoms with E-state index in [1.165, 1.54) is 25.7 Å². The number of nitrogens with zero attached hydrogens (tertiary/aromatic N) is 1. The van der Waals surface area contributed by atoms with Gasteiger partial charge in [-0.2, -0.15) is 5.26 Å². The minimum Gasteiger partial charge on any atom is -0.399 e. The molecule has 2 aliphatic rings. The monoisotopic (exact) mass is 227 g/mol. The van der Waals surface area contributed by atoms with Crippen molar-refractivity contribution in [3.05, 3.63) is 23.8 Å².